The van der Waals surface area contributed by atoms with Crippen LogP contribution in [0.25, 0.3) is 0 Å². The number of hydrogen-bond donors (Lipinski definition) is 1. The molecule has 0 amide bonds. The van der Waals surface area contributed by atoms with E-state index in [0.29, 0.717) is 5.75 Å². The second-order valence-electron chi connectivity index (χ2n) is 4.95. The Hall–Kier alpha value is -2.30. The highest BCUT2D eigenvalue weighted by Crippen LogP contribution is 2.31. The molecule has 112 valence electrons. The van der Waals surface area contributed by atoms with Crippen molar-refractivity contribution < 1.29 is 4.74 Å². The highest BCUT2D eigenvalue weighted by Gasteiger charge is 2.15. The number of ether oxygens (including phenoxy) is 1. The summed E-state index contributed by atoms with van der Waals surface area (Å²) in [4.78, 5) is 10.7. The molecule has 0 saturated heterocycles. The molecule has 2 rings (SSSR count). The number of anilines is 2. The lowest BCUT2D eigenvalue weighted by atomic mass is 10.1. The number of nitrogens with one attached hydrogen (secondary N) is 1. The first kappa shape index (κ1) is 15.1. The van der Waals surface area contributed by atoms with E-state index in [-0.39, 0.29) is 0 Å². The molecule has 5 heteroatoms. The van der Waals surface area contributed by atoms with Gasteiger partial charge < -0.3 is 15.0 Å². The molecule has 0 unspecified atom stereocenters. The van der Waals surface area contributed by atoms with E-state index in [1.165, 1.54) is 11.1 Å². The van der Waals surface area contributed by atoms with Crippen molar-refractivity contribution >= 4 is 11.6 Å². The van der Waals surface area contributed by atoms with Crippen LogP contribution in [-0.2, 0) is 6.54 Å². The van der Waals surface area contributed by atoms with Crippen LogP contribution in [0.15, 0.2) is 30.6 Å². The maximum Gasteiger partial charge on any atom is 0.204 e. The Morgan fingerprint density at radius 2 is 2.10 bits per heavy atom. The zero-order chi connectivity index (χ0) is 15.2. The molecule has 0 aliphatic heterocycles. The van der Waals surface area contributed by atoms with Crippen LogP contribution in [0.5, 0.6) is 5.75 Å². The third kappa shape index (κ3) is 3.62. The van der Waals surface area contributed by atoms with Crippen molar-refractivity contribution in [3.05, 3.63) is 41.7 Å². The Balaban J connectivity index is 2.26. The van der Waals surface area contributed by atoms with Gasteiger partial charge in [0.05, 0.1) is 7.11 Å². The largest absolute Gasteiger partial charge is 0.490 e. The summed E-state index contributed by atoms with van der Waals surface area (Å²) in [6.07, 6.45) is 1.56. The molecule has 0 fully saturated rings. The summed E-state index contributed by atoms with van der Waals surface area (Å²) >= 11 is 0. The topological polar surface area (TPSA) is 50.3 Å². The number of hydrogen-bond acceptors (Lipinski definition) is 5. The van der Waals surface area contributed by atoms with E-state index >= 15 is 0 Å². The summed E-state index contributed by atoms with van der Waals surface area (Å²) in [5.74, 6) is 2.18. The lowest BCUT2D eigenvalue weighted by Crippen LogP contribution is -2.19. The number of benzene rings is 1. The molecule has 0 bridgehead atoms. The molecule has 1 aromatic carbocycles. The van der Waals surface area contributed by atoms with E-state index in [4.69, 9.17) is 4.74 Å². The lowest BCUT2D eigenvalue weighted by Gasteiger charge is -2.21. The first-order valence-electron chi connectivity index (χ1n) is 7.05. The summed E-state index contributed by atoms with van der Waals surface area (Å²) < 4.78 is 5.48. The zero-order valence-electron chi connectivity index (χ0n) is 13.1. The predicted molar refractivity (Wildman–Crippen MR) is 86.0 cm³/mol. The molecule has 1 N–H and O–H groups in total. The molecule has 0 radical (unpaired) electrons. The highest BCUT2D eigenvalue weighted by molar-refractivity contribution is 5.64. The fourth-order valence-corrected chi connectivity index (χ4v) is 2.28. The molecular formula is C16H22N4O. The second-order valence-corrected chi connectivity index (χ2v) is 4.95. The van der Waals surface area contributed by atoms with Crippen LogP contribution in [0.3, 0.4) is 0 Å². The van der Waals surface area contributed by atoms with Crippen molar-refractivity contribution in [1.29, 1.82) is 0 Å². The summed E-state index contributed by atoms with van der Waals surface area (Å²) in [5.41, 5.74) is 2.49. The molecule has 1 aromatic heterocycles. The van der Waals surface area contributed by atoms with Crippen molar-refractivity contribution in [2.75, 3.05) is 30.9 Å². The number of aryl methyl sites for hydroxylation is 1. The molecular weight excluding hydrogens is 264 g/mol. The third-order valence-corrected chi connectivity index (χ3v) is 3.20. The zero-order valence-corrected chi connectivity index (χ0v) is 13.1. The number of rotatable bonds is 6. The second kappa shape index (κ2) is 6.92. The van der Waals surface area contributed by atoms with Crippen LogP contribution >= 0.6 is 0 Å². The van der Waals surface area contributed by atoms with Crippen LogP contribution in [-0.4, -0.2) is 30.7 Å². The summed E-state index contributed by atoms with van der Waals surface area (Å²) in [7, 11) is 3.65. The van der Waals surface area contributed by atoms with Gasteiger partial charge in [0, 0.05) is 20.1 Å². The molecule has 0 aliphatic carbocycles. The Bertz CT molecular complexity index is 601. The minimum absolute atomic E-state index is 0.675. The fraction of sp³-hybridized carbons (Fsp3) is 0.375. The monoisotopic (exact) mass is 286 g/mol. The lowest BCUT2D eigenvalue weighted by molar-refractivity contribution is 0.412. The van der Waals surface area contributed by atoms with Gasteiger partial charge in [-0.2, -0.15) is 0 Å². The van der Waals surface area contributed by atoms with Crippen LogP contribution in [0, 0.1) is 6.92 Å². The SMILES string of the molecule is CCNc1ncnc(N(C)Cc2cccc(C)c2)c1OC. The first-order chi connectivity index (χ1) is 10.2. The van der Waals surface area contributed by atoms with Gasteiger partial charge in [0.1, 0.15) is 6.33 Å². The van der Waals surface area contributed by atoms with Crippen LogP contribution in [0.2, 0.25) is 0 Å². The van der Waals surface area contributed by atoms with Gasteiger partial charge >= 0.3 is 0 Å². The van der Waals surface area contributed by atoms with Crippen molar-refractivity contribution in [2.24, 2.45) is 0 Å². The average Bonchev–Trinajstić information content (AvgIpc) is 2.47. The van der Waals surface area contributed by atoms with Crippen molar-refractivity contribution in [1.82, 2.24) is 9.97 Å². The van der Waals surface area contributed by atoms with Gasteiger partial charge in [-0.05, 0) is 19.4 Å². The van der Waals surface area contributed by atoms with Crippen molar-refractivity contribution in [3.63, 3.8) is 0 Å². The Morgan fingerprint density at radius 1 is 1.29 bits per heavy atom. The molecule has 2 aromatic rings. The fourth-order valence-electron chi connectivity index (χ4n) is 2.28. The van der Waals surface area contributed by atoms with E-state index in [0.717, 1.165) is 24.7 Å². The van der Waals surface area contributed by atoms with E-state index in [1.807, 2.05) is 14.0 Å². The standard InChI is InChI=1S/C16H22N4O/c1-5-17-15-14(21-4)16(19-11-18-15)20(3)10-13-8-6-7-12(2)9-13/h6-9,11H,5,10H2,1-4H3,(H,17,18,19). The summed E-state index contributed by atoms with van der Waals surface area (Å²) in [6.45, 7) is 5.67. The summed E-state index contributed by atoms with van der Waals surface area (Å²) in [6, 6.07) is 8.45. The molecule has 0 aliphatic rings. The number of methoxy groups -OCH3 is 1. The minimum atomic E-state index is 0.675. The first-order valence-corrected chi connectivity index (χ1v) is 7.05. The quantitative estimate of drug-likeness (QED) is 0.885. The number of nitrogens with zero attached hydrogens (tertiary/aromatic N) is 3. The maximum atomic E-state index is 5.48. The Labute approximate surface area is 126 Å². The van der Waals surface area contributed by atoms with Crippen molar-refractivity contribution in [3.8, 4) is 5.75 Å². The van der Waals surface area contributed by atoms with E-state index in [9.17, 15) is 0 Å². The smallest absolute Gasteiger partial charge is 0.204 e. The third-order valence-electron chi connectivity index (χ3n) is 3.20. The molecule has 21 heavy (non-hydrogen) atoms. The normalized spacial score (nSPS) is 10.3. The van der Waals surface area contributed by atoms with Crippen LogP contribution in [0.4, 0.5) is 11.6 Å². The van der Waals surface area contributed by atoms with Gasteiger partial charge in [-0.25, -0.2) is 9.97 Å². The molecule has 1 heterocycles. The Morgan fingerprint density at radius 3 is 2.76 bits per heavy atom. The van der Waals surface area contributed by atoms with Gasteiger partial charge in [0.25, 0.3) is 0 Å². The van der Waals surface area contributed by atoms with Crippen LogP contribution < -0.4 is 15.0 Å². The van der Waals surface area contributed by atoms with E-state index in [2.05, 4.69) is 51.4 Å². The molecule has 0 saturated carbocycles. The van der Waals surface area contributed by atoms with Gasteiger partial charge in [-0.15, -0.1) is 0 Å². The van der Waals surface area contributed by atoms with E-state index in [1.54, 1.807) is 13.4 Å². The number of aromatic nitrogens is 2. The van der Waals surface area contributed by atoms with Crippen LogP contribution in [0.1, 0.15) is 18.1 Å². The maximum absolute atomic E-state index is 5.48. The van der Waals surface area contributed by atoms with Gasteiger partial charge in [-0.1, -0.05) is 29.8 Å². The van der Waals surface area contributed by atoms with Gasteiger partial charge in [0.2, 0.25) is 5.75 Å². The molecule has 0 spiro atoms. The van der Waals surface area contributed by atoms with Crippen molar-refractivity contribution in [2.45, 2.75) is 20.4 Å². The van der Waals surface area contributed by atoms with Gasteiger partial charge in [0.15, 0.2) is 11.6 Å². The average molecular weight is 286 g/mol. The Kier molecular flexibility index (Phi) is 4.98. The van der Waals surface area contributed by atoms with Gasteiger partial charge in [-0.3, -0.25) is 0 Å². The summed E-state index contributed by atoms with van der Waals surface area (Å²) in [5, 5.41) is 3.19. The van der Waals surface area contributed by atoms with E-state index < -0.39 is 0 Å². The molecule has 0 atom stereocenters. The minimum Gasteiger partial charge on any atom is -0.490 e. The highest BCUT2D eigenvalue weighted by atomic mass is 16.5. The predicted octanol–water partition coefficient (Wildman–Crippen LogP) is 2.86. The molecule has 5 nitrogen and oxygen atoms in total.